The summed E-state index contributed by atoms with van der Waals surface area (Å²) in [5.74, 6) is 0.933. The highest BCUT2D eigenvalue weighted by atomic mass is 32.2. The van der Waals surface area contributed by atoms with Crippen molar-refractivity contribution in [2.24, 2.45) is 5.92 Å². The van der Waals surface area contributed by atoms with Crippen molar-refractivity contribution in [1.82, 2.24) is 4.90 Å². The maximum absolute atomic E-state index is 12.6. The van der Waals surface area contributed by atoms with Crippen molar-refractivity contribution in [3.05, 3.63) is 23.8 Å². The van der Waals surface area contributed by atoms with Gasteiger partial charge < -0.3 is 13.8 Å². The van der Waals surface area contributed by atoms with Crippen LogP contribution in [0.25, 0.3) is 0 Å². The van der Waals surface area contributed by atoms with Crippen molar-refractivity contribution < 1.29 is 22.1 Å². The van der Waals surface area contributed by atoms with Gasteiger partial charge in [-0.1, -0.05) is 39.7 Å². The van der Waals surface area contributed by atoms with Gasteiger partial charge in [0.15, 0.2) is 11.5 Å². The molecule has 0 saturated heterocycles. The molecule has 0 N–H and O–H groups in total. The van der Waals surface area contributed by atoms with Crippen molar-refractivity contribution in [3.63, 3.8) is 0 Å². The summed E-state index contributed by atoms with van der Waals surface area (Å²) < 4.78 is 33.1. The Bertz CT molecular complexity index is 685. The molecule has 26 heavy (non-hydrogen) atoms. The number of carbonyl (C=O) groups is 1. The summed E-state index contributed by atoms with van der Waals surface area (Å²) in [6.07, 6.45) is 4.51. The number of hydrogen-bond acceptors (Lipinski definition) is 5. The number of unbranched alkanes of at least 4 members (excludes halogenated alkanes) is 2. The lowest BCUT2D eigenvalue weighted by Gasteiger charge is -2.25. The van der Waals surface area contributed by atoms with E-state index in [-0.39, 0.29) is 11.7 Å². The Balaban J connectivity index is 2.98. The molecule has 0 aliphatic heterocycles. The van der Waals surface area contributed by atoms with E-state index < -0.39 is 10.1 Å². The zero-order chi connectivity index (χ0) is 19.7. The van der Waals surface area contributed by atoms with Crippen LogP contribution in [0.1, 0.15) is 52.0 Å². The first-order valence-electron chi connectivity index (χ1n) is 9.00. The van der Waals surface area contributed by atoms with Gasteiger partial charge in [0, 0.05) is 19.5 Å². The van der Waals surface area contributed by atoms with Gasteiger partial charge in [-0.2, -0.15) is 8.42 Å². The van der Waals surface area contributed by atoms with E-state index in [2.05, 4.69) is 20.8 Å². The van der Waals surface area contributed by atoms with Crippen molar-refractivity contribution in [3.8, 4) is 11.5 Å². The molecule has 0 aromatic heterocycles. The molecular weight excluding hydrogens is 354 g/mol. The van der Waals surface area contributed by atoms with Crippen LogP contribution in [0.2, 0.25) is 0 Å². The first-order chi connectivity index (χ1) is 12.2. The Hall–Kier alpha value is -1.76. The van der Waals surface area contributed by atoms with Crippen LogP contribution in [0.4, 0.5) is 0 Å². The summed E-state index contributed by atoms with van der Waals surface area (Å²) in [6, 6.07) is 5.10. The van der Waals surface area contributed by atoms with Crippen molar-refractivity contribution in [2.75, 3.05) is 19.9 Å². The van der Waals surface area contributed by atoms with E-state index in [9.17, 15) is 13.2 Å². The van der Waals surface area contributed by atoms with Crippen LogP contribution in [-0.2, 0) is 21.5 Å². The van der Waals surface area contributed by atoms with Gasteiger partial charge in [-0.25, -0.2) is 0 Å². The van der Waals surface area contributed by atoms with E-state index in [0.29, 0.717) is 31.2 Å². The Labute approximate surface area is 157 Å². The number of carbonyl (C=O) groups excluding carboxylic acids is 1. The van der Waals surface area contributed by atoms with E-state index in [0.717, 1.165) is 31.1 Å². The first kappa shape index (κ1) is 22.3. The van der Waals surface area contributed by atoms with Gasteiger partial charge in [0.2, 0.25) is 5.91 Å². The molecule has 1 rings (SSSR count). The minimum atomic E-state index is -3.67. The Kier molecular flexibility index (Phi) is 8.92. The molecule has 0 saturated carbocycles. The molecule has 0 aliphatic carbocycles. The molecule has 0 heterocycles. The smallest absolute Gasteiger partial charge is 0.306 e. The van der Waals surface area contributed by atoms with Crippen LogP contribution in [0.15, 0.2) is 18.2 Å². The molecule has 0 bridgehead atoms. The predicted octanol–water partition coefficient (Wildman–Crippen LogP) is 3.60. The van der Waals surface area contributed by atoms with Gasteiger partial charge in [-0.3, -0.25) is 4.79 Å². The molecule has 7 heteroatoms. The minimum Gasteiger partial charge on any atom is -0.493 e. The lowest BCUT2D eigenvalue weighted by atomic mass is 10.1. The van der Waals surface area contributed by atoms with Crippen molar-refractivity contribution >= 4 is 16.0 Å². The second-order valence-corrected chi connectivity index (χ2v) is 8.47. The second kappa shape index (κ2) is 10.4. The summed E-state index contributed by atoms with van der Waals surface area (Å²) in [4.78, 5) is 14.4. The van der Waals surface area contributed by atoms with E-state index >= 15 is 0 Å². The molecule has 0 fully saturated rings. The highest BCUT2D eigenvalue weighted by molar-refractivity contribution is 7.86. The Morgan fingerprint density at radius 1 is 1.19 bits per heavy atom. The Morgan fingerprint density at radius 3 is 2.42 bits per heavy atom. The standard InChI is InChI=1S/C19H31NO5S/c1-6-7-8-9-19(21)20(13-15(2)3)14-16-10-11-17(24-4)18(12-16)25-26(5,22)23/h10-12,15H,6-9,13-14H2,1-5H3. The summed E-state index contributed by atoms with van der Waals surface area (Å²) in [7, 11) is -2.21. The zero-order valence-electron chi connectivity index (χ0n) is 16.4. The maximum Gasteiger partial charge on any atom is 0.306 e. The summed E-state index contributed by atoms with van der Waals surface area (Å²) >= 11 is 0. The number of nitrogens with zero attached hydrogens (tertiary/aromatic N) is 1. The fourth-order valence-electron chi connectivity index (χ4n) is 2.65. The van der Waals surface area contributed by atoms with Crippen LogP contribution >= 0.6 is 0 Å². The first-order valence-corrected chi connectivity index (χ1v) is 10.8. The van der Waals surface area contributed by atoms with Gasteiger partial charge >= 0.3 is 10.1 Å². The monoisotopic (exact) mass is 385 g/mol. The molecule has 148 valence electrons. The van der Waals surface area contributed by atoms with Gasteiger partial charge in [0.1, 0.15) is 0 Å². The molecule has 0 aliphatic rings. The fourth-order valence-corrected chi connectivity index (χ4v) is 3.10. The summed E-state index contributed by atoms with van der Waals surface area (Å²) in [6.45, 7) is 7.31. The van der Waals surface area contributed by atoms with E-state index in [1.54, 1.807) is 12.1 Å². The van der Waals surface area contributed by atoms with Gasteiger partial charge in [0.05, 0.1) is 13.4 Å². The fraction of sp³-hybridized carbons (Fsp3) is 0.632. The van der Waals surface area contributed by atoms with Crippen molar-refractivity contribution in [2.45, 2.75) is 53.0 Å². The summed E-state index contributed by atoms with van der Waals surface area (Å²) in [5, 5.41) is 0. The summed E-state index contributed by atoms with van der Waals surface area (Å²) in [5.41, 5.74) is 0.800. The number of rotatable bonds is 11. The van der Waals surface area contributed by atoms with Crippen LogP contribution < -0.4 is 8.92 Å². The number of ether oxygens (including phenoxy) is 1. The molecule has 1 amide bonds. The number of methoxy groups -OCH3 is 1. The number of hydrogen-bond donors (Lipinski definition) is 0. The van der Waals surface area contributed by atoms with E-state index in [1.807, 2.05) is 11.0 Å². The third-order valence-corrected chi connectivity index (χ3v) is 4.26. The molecular formula is C19H31NO5S. The number of amides is 1. The highest BCUT2D eigenvalue weighted by Crippen LogP contribution is 2.29. The molecule has 0 atom stereocenters. The lowest BCUT2D eigenvalue weighted by Crippen LogP contribution is -2.33. The van der Waals surface area contributed by atoms with Crippen LogP contribution in [-0.4, -0.2) is 39.1 Å². The SMILES string of the molecule is CCCCCC(=O)N(Cc1ccc(OC)c(OS(C)(=O)=O)c1)CC(C)C. The molecule has 1 aromatic carbocycles. The minimum absolute atomic E-state index is 0.119. The average molecular weight is 386 g/mol. The third kappa shape index (κ3) is 8.08. The second-order valence-electron chi connectivity index (χ2n) is 6.90. The van der Waals surface area contributed by atoms with Crippen molar-refractivity contribution in [1.29, 1.82) is 0 Å². The average Bonchev–Trinajstić information content (AvgIpc) is 2.52. The molecule has 0 radical (unpaired) electrons. The third-order valence-electron chi connectivity index (χ3n) is 3.78. The quantitative estimate of drug-likeness (QED) is 0.430. The highest BCUT2D eigenvalue weighted by Gasteiger charge is 2.17. The topological polar surface area (TPSA) is 72.9 Å². The predicted molar refractivity (Wildman–Crippen MR) is 103 cm³/mol. The molecule has 1 aromatic rings. The number of benzene rings is 1. The van der Waals surface area contributed by atoms with E-state index in [4.69, 9.17) is 8.92 Å². The lowest BCUT2D eigenvalue weighted by molar-refractivity contribution is -0.132. The zero-order valence-corrected chi connectivity index (χ0v) is 17.3. The van der Waals surface area contributed by atoms with E-state index in [1.165, 1.54) is 7.11 Å². The van der Waals surface area contributed by atoms with Gasteiger partial charge in [0.25, 0.3) is 0 Å². The van der Waals surface area contributed by atoms with Gasteiger partial charge in [-0.15, -0.1) is 0 Å². The van der Waals surface area contributed by atoms with Crippen LogP contribution in [0, 0.1) is 5.92 Å². The Morgan fingerprint density at radius 2 is 1.88 bits per heavy atom. The largest absolute Gasteiger partial charge is 0.493 e. The maximum atomic E-state index is 12.6. The van der Waals surface area contributed by atoms with Crippen LogP contribution in [0.3, 0.4) is 0 Å². The molecule has 0 unspecified atom stereocenters. The van der Waals surface area contributed by atoms with Crippen LogP contribution in [0.5, 0.6) is 11.5 Å². The normalized spacial score (nSPS) is 11.5. The molecule has 6 nitrogen and oxygen atoms in total. The van der Waals surface area contributed by atoms with Gasteiger partial charge in [-0.05, 0) is 30.0 Å². The molecule has 0 spiro atoms.